The van der Waals surface area contributed by atoms with Gasteiger partial charge < -0.3 is 10.5 Å². The minimum Gasteiger partial charge on any atom is -0.487 e. The molecule has 0 aliphatic rings. The summed E-state index contributed by atoms with van der Waals surface area (Å²) in [6, 6.07) is 12.6. The molecule has 0 fully saturated rings. The lowest BCUT2D eigenvalue weighted by atomic mass is 10.1. The molecule has 0 bridgehead atoms. The van der Waals surface area contributed by atoms with Gasteiger partial charge in [-0.25, -0.2) is 0 Å². The standard InChI is InChI=1S/C15H15F2NO/c1-11-9-13(18)7-8-14(11)19-10-15(16,17)12-5-3-2-4-6-12/h2-9H,10,18H2,1H3. The van der Waals surface area contributed by atoms with Crippen molar-refractivity contribution in [1.29, 1.82) is 0 Å². The lowest BCUT2D eigenvalue weighted by molar-refractivity contribution is -0.0468. The van der Waals surface area contributed by atoms with E-state index in [1.807, 2.05) is 0 Å². The van der Waals surface area contributed by atoms with Crippen molar-refractivity contribution < 1.29 is 13.5 Å². The van der Waals surface area contributed by atoms with Crippen molar-refractivity contribution in [2.75, 3.05) is 12.3 Å². The Hall–Kier alpha value is -2.10. The number of hydrogen-bond acceptors (Lipinski definition) is 2. The van der Waals surface area contributed by atoms with E-state index < -0.39 is 12.5 Å². The van der Waals surface area contributed by atoms with Gasteiger partial charge in [-0.05, 0) is 30.7 Å². The number of nitrogens with two attached hydrogens (primary N) is 1. The Balaban J connectivity index is 2.09. The molecule has 2 aromatic rings. The highest BCUT2D eigenvalue weighted by Gasteiger charge is 2.32. The van der Waals surface area contributed by atoms with Crippen LogP contribution in [0.25, 0.3) is 0 Å². The third-order valence-electron chi connectivity index (χ3n) is 2.80. The van der Waals surface area contributed by atoms with Crippen LogP contribution in [-0.4, -0.2) is 6.61 Å². The number of alkyl halides is 2. The molecule has 0 unspecified atom stereocenters. The molecular formula is C15H15F2NO. The smallest absolute Gasteiger partial charge is 0.306 e. The largest absolute Gasteiger partial charge is 0.487 e. The highest BCUT2D eigenvalue weighted by molar-refractivity contribution is 5.47. The summed E-state index contributed by atoms with van der Waals surface area (Å²) in [4.78, 5) is 0. The number of nitrogen functional groups attached to an aromatic ring is 1. The summed E-state index contributed by atoms with van der Waals surface area (Å²) in [6.07, 6.45) is 0. The first-order valence-corrected chi connectivity index (χ1v) is 5.91. The predicted octanol–water partition coefficient (Wildman–Crippen LogP) is 3.75. The van der Waals surface area contributed by atoms with Crippen LogP contribution in [0.2, 0.25) is 0 Å². The van der Waals surface area contributed by atoms with E-state index in [1.165, 1.54) is 12.1 Å². The molecule has 0 aliphatic carbocycles. The van der Waals surface area contributed by atoms with Crippen LogP contribution < -0.4 is 10.5 Å². The van der Waals surface area contributed by atoms with E-state index in [0.29, 0.717) is 11.4 Å². The molecule has 0 saturated heterocycles. The first kappa shape index (κ1) is 13.3. The molecule has 2 rings (SSSR count). The van der Waals surface area contributed by atoms with Crippen molar-refractivity contribution in [3.63, 3.8) is 0 Å². The molecule has 0 aromatic heterocycles. The highest BCUT2D eigenvalue weighted by atomic mass is 19.3. The first-order chi connectivity index (χ1) is 8.99. The Kier molecular flexibility index (Phi) is 3.69. The number of ether oxygens (including phenoxy) is 1. The molecule has 100 valence electrons. The van der Waals surface area contributed by atoms with E-state index >= 15 is 0 Å². The molecule has 0 heterocycles. The fraction of sp³-hybridized carbons (Fsp3) is 0.200. The molecule has 0 atom stereocenters. The van der Waals surface area contributed by atoms with Crippen LogP contribution in [0, 0.1) is 6.92 Å². The molecule has 2 N–H and O–H groups in total. The average molecular weight is 263 g/mol. The Labute approximate surface area is 110 Å². The van der Waals surface area contributed by atoms with Gasteiger partial charge in [-0.15, -0.1) is 0 Å². The quantitative estimate of drug-likeness (QED) is 0.853. The molecule has 4 heteroatoms. The van der Waals surface area contributed by atoms with Crippen molar-refractivity contribution in [1.82, 2.24) is 0 Å². The topological polar surface area (TPSA) is 35.2 Å². The van der Waals surface area contributed by atoms with Crippen LogP contribution in [0.15, 0.2) is 48.5 Å². The van der Waals surface area contributed by atoms with Crippen molar-refractivity contribution in [2.24, 2.45) is 0 Å². The summed E-state index contributed by atoms with van der Waals surface area (Å²) in [5.74, 6) is -2.60. The number of rotatable bonds is 4. The Morgan fingerprint density at radius 1 is 1.11 bits per heavy atom. The summed E-state index contributed by atoms with van der Waals surface area (Å²) >= 11 is 0. The maximum atomic E-state index is 13.9. The number of hydrogen-bond donors (Lipinski definition) is 1. The summed E-state index contributed by atoms with van der Waals surface area (Å²) in [5.41, 5.74) is 6.87. The molecule has 2 nitrogen and oxygen atoms in total. The molecule has 0 spiro atoms. The third-order valence-corrected chi connectivity index (χ3v) is 2.80. The number of aryl methyl sites for hydroxylation is 1. The van der Waals surface area contributed by atoms with Gasteiger partial charge in [-0.3, -0.25) is 0 Å². The van der Waals surface area contributed by atoms with Crippen molar-refractivity contribution in [3.8, 4) is 5.75 Å². The van der Waals surface area contributed by atoms with Crippen molar-refractivity contribution in [3.05, 3.63) is 59.7 Å². The van der Waals surface area contributed by atoms with Gasteiger partial charge >= 0.3 is 5.92 Å². The van der Waals surface area contributed by atoms with Crippen LogP contribution >= 0.6 is 0 Å². The predicted molar refractivity (Wildman–Crippen MR) is 71.4 cm³/mol. The van der Waals surface area contributed by atoms with E-state index in [1.54, 1.807) is 43.3 Å². The average Bonchev–Trinajstić information content (AvgIpc) is 2.39. The Morgan fingerprint density at radius 3 is 2.42 bits per heavy atom. The van der Waals surface area contributed by atoms with Gasteiger partial charge in [0.25, 0.3) is 0 Å². The molecule has 0 aliphatic heterocycles. The number of halogens is 2. The Bertz CT molecular complexity index is 555. The molecule has 0 saturated carbocycles. The lowest BCUT2D eigenvalue weighted by Gasteiger charge is -2.18. The van der Waals surface area contributed by atoms with Gasteiger partial charge in [0.15, 0.2) is 6.61 Å². The summed E-state index contributed by atoms with van der Waals surface area (Å²) in [7, 11) is 0. The lowest BCUT2D eigenvalue weighted by Crippen LogP contribution is -2.23. The first-order valence-electron chi connectivity index (χ1n) is 5.91. The monoisotopic (exact) mass is 263 g/mol. The van der Waals surface area contributed by atoms with Crippen LogP contribution in [0.3, 0.4) is 0 Å². The zero-order chi connectivity index (χ0) is 13.9. The van der Waals surface area contributed by atoms with Gasteiger partial charge in [0, 0.05) is 11.3 Å². The minimum atomic E-state index is -3.02. The molecule has 2 aromatic carbocycles. The highest BCUT2D eigenvalue weighted by Crippen LogP contribution is 2.29. The van der Waals surface area contributed by atoms with Crippen LogP contribution in [0.1, 0.15) is 11.1 Å². The second kappa shape index (κ2) is 5.26. The van der Waals surface area contributed by atoms with Gasteiger partial charge in [0.1, 0.15) is 5.75 Å². The van der Waals surface area contributed by atoms with Crippen LogP contribution in [-0.2, 0) is 5.92 Å². The Morgan fingerprint density at radius 2 is 1.79 bits per heavy atom. The van der Waals surface area contributed by atoms with Gasteiger partial charge in [0.05, 0.1) is 0 Å². The summed E-state index contributed by atoms with van der Waals surface area (Å²) in [6.45, 7) is 1.08. The summed E-state index contributed by atoms with van der Waals surface area (Å²) in [5, 5.41) is 0. The SMILES string of the molecule is Cc1cc(N)ccc1OCC(F)(F)c1ccccc1. The fourth-order valence-electron chi connectivity index (χ4n) is 1.77. The van der Waals surface area contributed by atoms with Crippen molar-refractivity contribution in [2.45, 2.75) is 12.8 Å². The fourth-order valence-corrected chi connectivity index (χ4v) is 1.77. The van der Waals surface area contributed by atoms with E-state index in [4.69, 9.17) is 10.5 Å². The zero-order valence-corrected chi connectivity index (χ0v) is 10.6. The van der Waals surface area contributed by atoms with E-state index in [9.17, 15) is 8.78 Å². The van der Waals surface area contributed by atoms with Crippen LogP contribution in [0.4, 0.5) is 14.5 Å². The maximum Gasteiger partial charge on any atom is 0.306 e. The second-order valence-corrected chi connectivity index (χ2v) is 4.38. The maximum absolute atomic E-state index is 13.9. The molecule has 19 heavy (non-hydrogen) atoms. The van der Waals surface area contributed by atoms with E-state index in [-0.39, 0.29) is 5.56 Å². The molecule has 0 amide bonds. The zero-order valence-electron chi connectivity index (χ0n) is 10.6. The third kappa shape index (κ3) is 3.22. The van der Waals surface area contributed by atoms with Gasteiger partial charge in [-0.2, -0.15) is 8.78 Å². The normalized spacial score (nSPS) is 11.3. The van der Waals surface area contributed by atoms with E-state index in [2.05, 4.69) is 0 Å². The van der Waals surface area contributed by atoms with Crippen molar-refractivity contribution >= 4 is 5.69 Å². The van der Waals surface area contributed by atoms with Gasteiger partial charge in [-0.1, -0.05) is 30.3 Å². The summed E-state index contributed by atoms with van der Waals surface area (Å²) < 4.78 is 33.0. The molecular weight excluding hydrogens is 248 g/mol. The van der Waals surface area contributed by atoms with Gasteiger partial charge in [0.2, 0.25) is 0 Å². The van der Waals surface area contributed by atoms with Crippen LogP contribution in [0.5, 0.6) is 5.75 Å². The number of benzene rings is 2. The minimum absolute atomic E-state index is 0.0527. The van der Waals surface area contributed by atoms with E-state index in [0.717, 1.165) is 5.56 Å². The molecule has 0 radical (unpaired) electrons. The second-order valence-electron chi connectivity index (χ2n) is 4.38. The number of anilines is 1.